The lowest BCUT2D eigenvalue weighted by molar-refractivity contribution is -0.120. The van der Waals surface area contributed by atoms with Crippen LogP contribution in [-0.4, -0.2) is 0 Å². The van der Waals surface area contributed by atoms with Gasteiger partial charge in [-0.1, -0.05) is 47.5 Å². The molecule has 0 bridgehead atoms. The summed E-state index contributed by atoms with van der Waals surface area (Å²) >= 11 is 0. The van der Waals surface area contributed by atoms with E-state index in [9.17, 15) is 0 Å². The minimum Gasteiger partial charge on any atom is -0.0651 e. The van der Waals surface area contributed by atoms with E-state index in [2.05, 4.69) is 34.6 Å². The van der Waals surface area contributed by atoms with Gasteiger partial charge in [0.2, 0.25) is 0 Å². The molecule has 24 heavy (non-hydrogen) atoms. The van der Waals surface area contributed by atoms with Gasteiger partial charge in [-0.2, -0.15) is 0 Å². The first kappa shape index (κ1) is 17.4. The van der Waals surface area contributed by atoms with Gasteiger partial charge in [0.05, 0.1) is 0 Å². The Balaban J connectivity index is 1.59. The van der Waals surface area contributed by atoms with Crippen LogP contribution in [0.25, 0.3) is 0 Å². The first-order valence-electron chi connectivity index (χ1n) is 11.4. The van der Waals surface area contributed by atoms with Crippen molar-refractivity contribution >= 4 is 0 Å². The monoisotopic (exact) mass is 330 g/mol. The van der Waals surface area contributed by atoms with E-state index in [1.165, 1.54) is 32.1 Å². The molecule has 4 saturated carbocycles. The Bertz CT molecular complexity index is 467. The second-order valence-electron chi connectivity index (χ2n) is 11.2. The van der Waals surface area contributed by atoms with Crippen molar-refractivity contribution in [2.75, 3.05) is 0 Å². The smallest absolute Gasteiger partial charge is 0.0264 e. The van der Waals surface area contributed by atoms with E-state index in [0.717, 1.165) is 41.4 Å². The van der Waals surface area contributed by atoms with E-state index in [0.29, 0.717) is 10.8 Å². The van der Waals surface area contributed by atoms with Crippen LogP contribution >= 0.6 is 0 Å². The fourth-order valence-corrected chi connectivity index (χ4v) is 8.73. The van der Waals surface area contributed by atoms with Gasteiger partial charge >= 0.3 is 0 Å². The molecule has 138 valence electrons. The minimum atomic E-state index is 0.682. The minimum absolute atomic E-state index is 0.682. The zero-order valence-electron chi connectivity index (χ0n) is 17.1. The van der Waals surface area contributed by atoms with Crippen molar-refractivity contribution in [3.8, 4) is 0 Å². The number of hydrogen-bond acceptors (Lipinski definition) is 0. The molecule has 4 aliphatic rings. The predicted molar refractivity (Wildman–Crippen MR) is 104 cm³/mol. The highest BCUT2D eigenvalue weighted by Crippen LogP contribution is 2.68. The lowest BCUT2D eigenvalue weighted by atomic mass is 9.44. The first-order valence-corrected chi connectivity index (χ1v) is 11.4. The summed E-state index contributed by atoms with van der Waals surface area (Å²) in [4.78, 5) is 0. The maximum Gasteiger partial charge on any atom is -0.0264 e. The van der Waals surface area contributed by atoms with Crippen LogP contribution in [-0.2, 0) is 0 Å². The molecular weight excluding hydrogens is 288 g/mol. The fourth-order valence-electron chi connectivity index (χ4n) is 8.73. The average Bonchev–Trinajstić information content (AvgIpc) is 2.92. The Labute approximate surface area is 151 Å². The highest BCUT2D eigenvalue weighted by Gasteiger charge is 2.60. The van der Waals surface area contributed by atoms with Gasteiger partial charge < -0.3 is 0 Å². The second kappa shape index (κ2) is 6.02. The molecule has 0 radical (unpaired) electrons. The van der Waals surface area contributed by atoms with Crippen molar-refractivity contribution in [2.45, 2.75) is 98.8 Å². The molecule has 0 aromatic rings. The van der Waals surface area contributed by atoms with Crippen LogP contribution < -0.4 is 0 Å². The maximum atomic E-state index is 2.73. The summed E-state index contributed by atoms with van der Waals surface area (Å²) in [6.07, 6.45) is 15.3. The standard InChI is InChI=1S/C24H42/c1-6-17(3)20-9-10-21-19-8-7-18-15-16(2)11-13-23(18,4)22(19)12-14-24(20,21)5/h16-22H,6-15H2,1-5H3. The van der Waals surface area contributed by atoms with E-state index in [4.69, 9.17) is 0 Å². The molecule has 9 unspecified atom stereocenters. The van der Waals surface area contributed by atoms with Gasteiger partial charge in [-0.25, -0.2) is 0 Å². The third-order valence-corrected chi connectivity index (χ3v) is 10.3. The van der Waals surface area contributed by atoms with Gasteiger partial charge in [0.1, 0.15) is 0 Å². The van der Waals surface area contributed by atoms with Crippen molar-refractivity contribution in [1.82, 2.24) is 0 Å². The lowest BCUT2D eigenvalue weighted by Gasteiger charge is -2.61. The van der Waals surface area contributed by atoms with E-state index in [-0.39, 0.29) is 0 Å². The van der Waals surface area contributed by atoms with Crippen LogP contribution in [0.4, 0.5) is 0 Å². The van der Waals surface area contributed by atoms with Gasteiger partial charge in [0.25, 0.3) is 0 Å². The van der Waals surface area contributed by atoms with Crippen molar-refractivity contribution < 1.29 is 0 Å². The molecule has 0 aliphatic heterocycles. The van der Waals surface area contributed by atoms with E-state index in [1.807, 2.05) is 0 Å². The Kier molecular flexibility index (Phi) is 4.37. The van der Waals surface area contributed by atoms with Gasteiger partial charge in [0, 0.05) is 0 Å². The van der Waals surface area contributed by atoms with Crippen LogP contribution in [0, 0.1) is 52.3 Å². The molecule has 0 heteroatoms. The third kappa shape index (κ3) is 2.37. The molecule has 0 aromatic heterocycles. The Morgan fingerprint density at radius 2 is 1.58 bits per heavy atom. The van der Waals surface area contributed by atoms with Gasteiger partial charge in [0.15, 0.2) is 0 Å². The van der Waals surface area contributed by atoms with Gasteiger partial charge in [-0.3, -0.25) is 0 Å². The Morgan fingerprint density at radius 3 is 2.33 bits per heavy atom. The average molecular weight is 331 g/mol. The summed E-state index contributed by atoms with van der Waals surface area (Å²) in [5.74, 6) is 7.22. The van der Waals surface area contributed by atoms with Crippen molar-refractivity contribution in [3.05, 3.63) is 0 Å². The third-order valence-electron chi connectivity index (χ3n) is 10.3. The summed E-state index contributed by atoms with van der Waals surface area (Å²) in [5.41, 5.74) is 1.38. The highest BCUT2D eigenvalue weighted by atomic mass is 14.6. The van der Waals surface area contributed by atoms with Gasteiger partial charge in [-0.05, 0) is 104 Å². The van der Waals surface area contributed by atoms with E-state index >= 15 is 0 Å². The molecule has 0 nitrogen and oxygen atoms in total. The molecule has 4 aliphatic carbocycles. The quantitative estimate of drug-likeness (QED) is 0.497. The van der Waals surface area contributed by atoms with Crippen LogP contribution in [0.15, 0.2) is 0 Å². The molecule has 0 saturated heterocycles. The zero-order valence-corrected chi connectivity index (χ0v) is 17.1. The van der Waals surface area contributed by atoms with Crippen LogP contribution in [0.5, 0.6) is 0 Å². The van der Waals surface area contributed by atoms with Gasteiger partial charge in [-0.15, -0.1) is 0 Å². The topological polar surface area (TPSA) is 0 Å². The summed E-state index contributed by atoms with van der Waals surface area (Å²) in [6, 6.07) is 0. The molecule has 4 fully saturated rings. The summed E-state index contributed by atoms with van der Waals surface area (Å²) in [6.45, 7) is 12.9. The molecule has 0 N–H and O–H groups in total. The molecule has 4 rings (SSSR count). The molecule has 9 atom stereocenters. The summed E-state index contributed by atoms with van der Waals surface area (Å²) in [5, 5.41) is 0. The van der Waals surface area contributed by atoms with Crippen molar-refractivity contribution in [3.63, 3.8) is 0 Å². The van der Waals surface area contributed by atoms with Crippen LogP contribution in [0.1, 0.15) is 98.8 Å². The molecule has 0 spiro atoms. The fraction of sp³-hybridized carbons (Fsp3) is 1.00. The Hall–Kier alpha value is 0. The van der Waals surface area contributed by atoms with E-state index in [1.54, 1.807) is 32.1 Å². The van der Waals surface area contributed by atoms with E-state index < -0.39 is 0 Å². The maximum absolute atomic E-state index is 2.73. The molecular formula is C24H42. The highest BCUT2D eigenvalue weighted by molar-refractivity contribution is 5.09. The van der Waals surface area contributed by atoms with Crippen LogP contribution in [0.2, 0.25) is 0 Å². The molecule has 0 heterocycles. The normalized spacial score (nSPS) is 55.4. The Morgan fingerprint density at radius 1 is 0.875 bits per heavy atom. The predicted octanol–water partition coefficient (Wildman–Crippen LogP) is 7.33. The SMILES string of the molecule is CCC(C)C1CCC2C3CCC4CC(C)CCC4(C)C3CCC12C. The van der Waals surface area contributed by atoms with Crippen molar-refractivity contribution in [2.24, 2.45) is 52.3 Å². The van der Waals surface area contributed by atoms with Crippen molar-refractivity contribution in [1.29, 1.82) is 0 Å². The summed E-state index contributed by atoms with van der Waals surface area (Å²) < 4.78 is 0. The van der Waals surface area contributed by atoms with Crippen LogP contribution in [0.3, 0.4) is 0 Å². The largest absolute Gasteiger partial charge is 0.0651 e. The first-order chi connectivity index (χ1) is 11.4. The number of fused-ring (bicyclic) bond motifs is 5. The second-order valence-corrected chi connectivity index (χ2v) is 11.2. The summed E-state index contributed by atoms with van der Waals surface area (Å²) in [7, 11) is 0. The molecule has 0 amide bonds. The zero-order chi connectivity index (χ0) is 17.1. The molecule has 0 aromatic carbocycles. The number of rotatable bonds is 2. The number of hydrogen-bond donors (Lipinski definition) is 0. The lowest BCUT2D eigenvalue weighted by Crippen LogP contribution is -2.53.